The van der Waals surface area contributed by atoms with Gasteiger partial charge in [-0.1, -0.05) is 13.8 Å². The van der Waals surface area contributed by atoms with Crippen molar-refractivity contribution in [2.75, 3.05) is 5.32 Å². The third-order valence-corrected chi connectivity index (χ3v) is 2.96. The van der Waals surface area contributed by atoms with Gasteiger partial charge in [0.25, 0.3) is 5.91 Å². The van der Waals surface area contributed by atoms with Crippen LogP contribution in [-0.2, 0) is 13.1 Å². The van der Waals surface area contributed by atoms with Gasteiger partial charge in [0.15, 0.2) is 0 Å². The van der Waals surface area contributed by atoms with Gasteiger partial charge in [0.1, 0.15) is 11.5 Å². The zero-order valence-corrected chi connectivity index (χ0v) is 12.3. The van der Waals surface area contributed by atoms with E-state index in [2.05, 4.69) is 29.4 Å². The standard InChI is InChI=1S/C14H21N5O/c1-4-8-18-12(6-7-15-18)14(20)16-13-10-11(3)17-19(13)9-5-2/h6-7,10H,4-5,8-9H2,1-3H3,(H,16,20). The number of aromatic nitrogens is 4. The summed E-state index contributed by atoms with van der Waals surface area (Å²) >= 11 is 0. The minimum Gasteiger partial charge on any atom is -0.305 e. The highest BCUT2D eigenvalue weighted by Crippen LogP contribution is 2.13. The van der Waals surface area contributed by atoms with Crippen LogP contribution in [0.2, 0.25) is 0 Å². The van der Waals surface area contributed by atoms with E-state index in [0.717, 1.165) is 37.4 Å². The van der Waals surface area contributed by atoms with Crippen LogP contribution in [0.1, 0.15) is 42.9 Å². The van der Waals surface area contributed by atoms with Crippen molar-refractivity contribution in [3.63, 3.8) is 0 Å². The van der Waals surface area contributed by atoms with Crippen LogP contribution in [0.25, 0.3) is 0 Å². The predicted molar refractivity (Wildman–Crippen MR) is 77.7 cm³/mol. The molecule has 6 heteroatoms. The average Bonchev–Trinajstić information content (AvgIpc) is 2.98. The highest BCUT2D eigenvalue weighted by atomic mass is 16.2. The summed E-state index contributed by atoms with van der Waals surface area (Å²) < 4.78 is 3.55. The number of aryl methyl sites for hydroxylation is 3. The Bertz CT molecular complexity index is 584. The van der Waals surface area contributed by atoms with Crippen LogP contribution in [0.15, 0.2) is 18.3 Å². The Morgan fingerprint density at radius 1 is 1.25 bits per heavy atom. The summed E-state index contributed by atoms with van der Waals surface area (Å²) in [7, 11) is 0. The fourth-order valence-corrected chi connectivity index (χ4v) is 2.12. The smallest absolute Gasteiger partial charge is 0.275 e. The summed E-state index contributed by atoms with van der Waals surface area (Å²) in [6.07, 6.45) is 3.56. The van der Waals surface area contributed by atoms with Gasteiger partial charge in [-0.05, 0) is 25.8 Å². The minimum absolute atomic E-state index is 0.145. The summed E-state index contributed by atoms with van der Waals surface area (Å²) in [5.41, 5.74) is 1.48. The Balaban J connectivity index is 2.17. The number of hydrogen-bond acceptors (Lipinski definition) is 3. The van der Waals surface area contributed by atoms with Crippen LogP contribution >= 0.6 is 0 Å². The van der Waals surface area contributed by atoms with Crippen molar-refractivity contribution in [3.8, 4) is 0 Å². The van der Waals surface area contributed by atoms with Gasteiger partial charge >= 0.3 is 0 Å². The third-order valence-electron chi connectivity index (χ3n) is 2.96. The highest BCUT2D eigenvalue weighted by molar-refractivity contribution is 6.02. The van der Waals surface area contributed by atoms with Gasteiger partial charge in [-0.25, -0.2) is 4.68 Å². The molecule has 0 spiro atoms. The van der Waals surface area contributed by atoms with E-state index in [-0.39, 0.29) is 5.91 Å². The van der Waals surface area contributed by atoms with Crippen molar-refractivity contribution in [2.24, 2.45) is 0 Å². The first kappa shape index (κ1) is 14.3. The molecule has 2 aromatic rings. The van der Waals surface area contributed by atoms with E-state index in [1.807, 2.05) is 17.7 Å². The van der Waals surface area contributed by atoms with Crippen molar-refractivity contribution >= 4 is 11.7 Å². The number of carbonyl (C=O) groups excluding carboxylic acids is 1. The van der Waals surface area contributed by atoms with E-state index in [1.165, 1.54) is 0 Å². The Kier molecular flexibility index (Phi) is 4.55. The van der Waals surface area contributed by atoms with Gasteiger partial charge in [-0.3, -0.25) is 9.48 Å². The van der Waals surface area contributed by atoms with Crippen LogP contribution in [0.4, 0.5) is 5.82 Å². The fourth-order valence-electron chi connectivity index (χ4n) is 2.12. The second-order valence-corrected chi connectivity index (χ2v) is 4.79. The Morgan fingerprint density at radius 3 is 2.65 bits per heavy atom. The summed E-state index contributed by atoms with van der Waals surface area (Å²) in [6, 6.07) is 3.62. The maximum atomic E-state index is 12.3. The quantitative estimate of drug-likeness (QED) is 0.880. The molecule has 6 nitrogen and oxygen atoms in total. The van der Waals surface area contributed by atoms with Gasteiger partial charge in [0.2, 0.25) is 0 Å². The van der Waals surface area contributed by atoms with Crippen LogP contribution in [-0.4, -0.2) is 25.5 Å². The van der Waals surface area contributed by atoms with E-state index in [1.54, 1.807) is 16.9 Å². The average molecular weight is 275 g/mol. The van der Waals surface area contributed by atoms with E-state index >= 15 is 0 Å². The molecule has 0 aliphatic carbocycles. The largest absolute Gasteiger partial charge is 0.305 e. The van der Waals surface area contributed by atoms with Crippen LogP contribution in [0, 0.1) is 6.92 Å². The summed E-state index contributed by atoms with van der Waals surface area (Å²) in [6.45, 7) is 7.59. The van der Waals surface area contributed by atoms with Crippen molar-refractivity contribution in [2.45, 2.75) is 46.7 Å². The molecule has 0 bridgehead atoms. The van der Waals surface area contributed by atoms with E-state index < -0.39 is 0 Å². The third kappa shape index (κ3) is 3.07. The second-order valence-electron chi connectivity index (χ2n) is 4.79. The molecule has 0 saturated carbocycles. The molecule has 1 N–H and O–H groups in total. The number of nitrogens with one attached hydrogen (secondary N) is 1. The van der Waals surface area contributed by atoms with E-state index in [4.69, 9.17) is 0 Å². The highest BCUT2D eigenvalue weighted by Gasteiger charge is 2.14. The van der Waals surface area contributed by atoms with Gasteiger partial charge in [-0.2, -0.15) is 10.2 Å². The van der Waals surface area contributed by atoms with Crippen molar-refractivity contribution in [3.05, 3.63) is 29.7 Å². The Morgan fingerprint density at radius 2 is 1.95 bits per heavy atom. The number of rotatable bonds is 6. The zero-order valence-electron chi connectivity index (χ0n) is 12.3. The molecule has 2 rings (SSSR count). The molecule has 2 heterocycles. The first-order chi connectivity index (χ1) is 9.65. The number of hydrogen-bond donors (Lipinski definition) is 1. The number of carbonyl (C=O) groups is 1. The van der Waals surface area contributed by atoms with Gasteiger partial charge < -0.3 is 5.32 Å². The van der Waals surface area contributed by atoms with Crippen LogP contribution in [0.5, 0.6) is 0 Å². The monoisotopic (exact) mass is 275 g/mol. The molecular formula is C14H21N5O. The molecule has 108 valence electrons. The lowest BCUT2D eigenvalue weighted by Gasteiger charge is -2.09. The number of anilines is 1. The second kappa shape index (κ2) is 6.36. The molecule has 1 amide bonds. The zero-order chi connectivity index (χ0) is 14.5. The summed E-state index contributed by atoms with van der Waals surface area (Å²) in [4.78, 5) is 12.3. The minimum atomic E-state index is -0.145. The van der Waals surface area contributed by atoms with Crippen molar-refractivity contribution in [1.82, 2.24) is 19.6 Å². The summed E-state index contributed by atoms with van der Waals surface area (Å²) in [5, 5.41) is 11.5. The maximum absolute atomic E-state index is 12.3. The van der Waals surface area contributed by atoms with Crippen LogP contribution < -0.4 is 5.32 Å². The van der Waals surface area contributed by atoms with Crippen LogP contribution in [0.3, 0.4) is 0 Å². The molecule has 0 aliphatic heterocycles. The molecular weight excluding hydrogens is 254 g/mol. The summed E-state index contributed by atoms with van der Waals surface area (Å²) in [5.74, 6) is 0.590. The van der Waals surface area contributed by atoms with E-state index in [9.17, 15) is 4.79 Å². The van der Waals surface area contributed by atoms with Gasteiger partial charge in [0.05, 0.1) is 5.69 Å². The lowest BCUT2D eigenvalue weighted by Crippen LogP contribution is -2.20. The molecule has 2 aromatic heterocycles. The van der Waals surface area contributed by atoms with E-state index in [0.29, 0.717) is 5.69 Å². The van der Waals surface area contributed by atoms with Crippen molar-refractivity contribution in [1.29, 1.82) is 0 Å². The Hall–Kier alpha value is -2.11. The first-order valence-corrected chi connectivity index (χ1v) is 7.03. The molecule has 0 atom stereocenters. The SMILES string of the molecule is CCCn1nc(C)cc1NC(=O)c1ccnn1CCC. The van der Waals surface area contributed by atoms with Gasteiger partial charge in [0, 0.05) is 25.4 Å². The molecule has 0 radical (unpaired) electrons. The molecule has 0 unspecified atom stereocenters. The lowest BCUT2D eigenvalue weighted by atomic mass is 10.3. The number of amides is 1. The predicted octanol–water partition coefficient (Wildman–Crippen LogP) is 2.46. The first-order valence-electron chi connectivity index (χ1n) is 7.03. The molecule has 20 heavy (non-hydrogen) atoms. The molecule has 0 aromatic carbocycles. The normalized spacial score (nSPS) is 10.8. The number of nitrogens with zero attached hydrogens (tertiary/aromatic N) is 4. The fraction of sp³-hybridized carbons (Fsp3) is 0.500. The lowest BCUT2D eigenvalue weighted by molar-refractivity contribution is 0.101. The molecule has 0 saturated heterocycles. The Labute approximate surface area is 118 Å². The van der Waals surface area contributed by atoms with Crippen molar-refractivity contribution < 1.29 is 4.79 Å². The maximum Gasteiger partial charge on any atom is 0.275 e. The topological polar surface area (TPSA) is 64.7 Å². The van der Waals surface area contributed by atoms with Gasteiger partial charge in [-0.15, -0.1) is 0 Å². The molecule has 0 aliphatic rings. The molecule has 0 fully saturated rings.